The van der Waals surface area contributed by atoms with Crippen molar-refractivity contribution >= 4 is 5.69 Å². The number of nitrogens with zero attached hydrogens (tertiary/aromatic N) is 1. The molecule has 0 atom stereocenters. The number of rotatable bonds is 3. The van der Waals surface area contributed by atoms with Gasteiger partial charge < -0.3 is 4.74 Å². The van der Waals surface area contributed by atoms with Gasteiger partial charge in [0.25, 0.3) is 5.69 Å². The summed E-state index contributed by atoms with van der Waals surface area (Å²) in [7, 11) is 0. The van der Waals surface area contributed by atoms with Crippen molar-refractivity contribution in [1.29, 1.82) is 0 Å². The Kier molecular flexibility index (Phi) is 6.31. The first-order chi connectivity index (χ1) is 10.8. The minimum absolute atomic E-state index is 0.0722. The number of nitro benzene ring substituents is 1. The highest BCUT2D eigenvalue weighted by atomic mass is 16.6. The minimum atomic E-state index is -0.408. The van der Waals surface area contributed by atoms with Crippen LogP contribution in [-0.2, 0) is 5.41 Å². The summed E-state index contributed by atoms with van der Waals surface area (Å²) >= 11 is 0. The Morgan fingerprint density at radius 1 is 1.00 bits per heavy atom. The molecule has 0 saturated carbocycles. The van der Waals surface area contributed by atoms with Crippen molar-refractivity contribution in [3.63, 3.8) is 0 Å². The molecule has 0 spiro atoms. The minimum Gasteiger partial charge on any atom is -0.457 e. The zero-order valence-electron chi connectivity index (χ0n) is 14.7. The Hall–Kier alpha value is -2.36. The number of hydrogen-bond acceptors (Lipinski definition) is 3. The molecule has 0 amide bonds. The van der Waals surface area contributed by atoms with Gasteiger partial charge in [-0.15, -0.1) is 0 Å². The third-order valence-electron chi connectivity index (χ3n) is 3.32. The van der Waals surface area contributed by atoms with Crippen molar-refractivity contribution in [2.24, 2.45) is 0 Å². The van der Waals surface area contributed by atoms with E-state index in [1.165, 1.54) is 17.7 Å². The van der Waals surface area contributed by atoms with Gasteiger partial charge in [0.05, 0.1) is 4.92 Å². The average Bonchev–Trinajstić information content (AvgIpc) is 2.51. The first-order valence-corrected chi connectivity index (χ1v) is 7.81. The SMILES string of the molecule is CC.Cc1cc([N+](=O)[O-])ccc1Oc1ccc(C(C)(C)C)cc1. The Balaban J connectivity index is 0.00000127. The zero-order valence-corrected chi connectivity index (χ0v) is 14.7. The predicted octanol–water partition coefficient (Wildman–Crippen LogP) is 6.02. The van der Waals surface area contributed by atoms with Crippen LogP contribution >= 0.6 is 0 Å². The van der Waals surface area contributed by atoms with E-state index < -0.39 is 4.92 Å². The number of ether oxygens (including phenoxy) is 1. The number of hydrogen-bond donors (Lipinski definition) is 0. The molecule has 4 nitrogen and oxygen atoms in total. The van der Waals surface area contributed by atoms with Gasteiger partial charge in [-0.05, 0) is 41.7 Å². The standard InChI is InChI=1S/C17H19NO3.C2H6/c1-12-11-14(18(19)20)7-10-16(12)21-15-8-5-13(6-9-15)17(2,3)4;1-2/h5-11H,1-4H3;1-2H3. The Morgan fingerprint density at radius 2 is 1.57 bits per heavy atom. The molecule has 2 rings (SSSR count). The van der Waals surface area contributed by atoms with Crippen LogP contribution in [0.15, 0.2) is 42.5 Å². The Labute approximate surface area is 138 Å². The van der Waals surface area contributed by atoms with Gasteiger partial charge in [0, 0.05) is 12.1 Å². The molecule has 0 aliphatic rings. The predicted molar refractivity (Wildman–Crippen MR) is 94.4 cm³/mol. The van der Waals surface area contributed by atoms with Crippen molar-refractivity contribution in [1.82, 2.24) is 0 Å². The van der Waals surface area contributed by atoms with Crippen molar-refractivity contribution < 1.29 is 9.66 Å². The van der Waals surface area contributed by atoms with E-state index in [9.17, 15) is 10.1 Å². The monoisotopic (exact) mass is 315 g/mol. The first-order valence-electron chi connectivity index (χ1n) is 7.81. The Bertz CT molecular complexity index is 655. The molecule has 0 aromatic heterocycles. The van der Waals surface area contributed by atoms with Crippen molar-refractivity contribution in [3.8, 4) is 11.5 Å². The third kappa shape index (κ3) is 5.09. The maximum atomic E-state index is 10.7. The maximum Gasteiger partial charge on any atom is 0.269 e. The summed E-state index contributed by atoms with van der Waals surface area (Å²) in [5.74, 6) is 1.35. The molecule has 23 heavy (non-hydrogen) atoms. The lowest BCUT2D eigenvalue weighted by atomic mass is 9.87. The van der Waals surface area contributed by atoms with Crippen LogP contribution in [0.4, 0.5) is 5.69 Å². The topological polar surface area (TPSA) is 52.4 Å². The highest BCUT2D eigenvalue weighted by Crippen LogP contribution is 2.30. The molecule has 2 aromatic rings. The van der Waals surface area contributed by atoms with E-state index in [0.717, 1.165) is 11.3 Å². The largest absolute Gasteiger partial charge is 0.457 e. The normalized spacial score (nSPS) is 10.5. The van der Waals surface area contributed by atoms with Crippen LogP contribution in [0.25, 0.3) is 0 Å². The Morgan fingerprint density at radius 3 is 2.00 bits per heavy atom. The van der Waals surface area contributed by atoms with Gasteiger partial charge in [-0.25, -0.2) is 0 Å². The molecule has 0 aliphatic heterocycles. The fourth-order valence-corrected chi connectivity index (χ4v) is 2.01. The molecule has 4 heteroatoms. The van der Waals surface area contributed by atoms with E-state index >= 15 is 0 Å². The van der Waals surface area contributed by atoms with E-state index in [-0.39, 0.29) is 11.1 Å². The second-order valence-electron chi connectivity index (χ2n) is 6.08. The van der Waals surface area contributed by atoms with Gasteiger partial charge in [0.2, 0.25) is 0 Å². The molecule has 0 radical (unpaired) electrons. The average molecular weight is 315 g/mol. The van der Waals surface area contributed by atoms with E-state index in [0.29, 0.717) is 5.75 Å². The van der Waals surface area contributed by atoms with Crippen LogP contribution < -0.4 is 4.74 Å². The molecule has 124 valence electrons. The zero-order chi connectivity index (χ0) is 17.6. The van der Waals surface area contributed by atoms with Gasteiger partial charge >= 0.3 is 0 Å². The summed E-state index contributed by atoms with van der Waals surface area (Å²) in [6.45, 7) is 12.3. The summed E-state index contributed by atoms with van der Waals surface area (Å²) in [5.41, 5.74) is 2.14. The summed E-state index contributed by atoms with van der Waals surface area (Å²) < 4.78 is 5.79. The van der Waals surface area contributed by atoms with Crippen LogP contribution in [0.5, 0.6) is 11.5 Å². The van der Waals surface area contributed by atoms with Crippen molar-refractivity contribution in [3.05, 3.63) is 63.7 Å². The van der Waals surface area contributed by atoms with Crippen LogP contribution in [-0.4, -0.2) is 4.92 Å². The van der Waals surface area contributed by atoms with Crippen molar-refractivity contribution in [2.75, 3.05) is 0 Å². The molecule has 0 aliphatic carbocycles. The molecule has 0 N–H and O–H groups in total. The van der Waals surface area contributed by atoms with Gasteiger partial charge in [0.15, 0.2) is 0 Å². The molecular formula is C19H25NO3. The smallest absolute Gasteiger partial charge is 0.269 e. The van der Waals surface area contributed by atoms with Gasteiger partial charge in [-0.2, -0.15) is 0 Å². The first kappa shape index (κ1) is 18.7. The number of nitro groups is 1. The number of non-ortho nitro benzene ring substituents is 1. The van der Waals surface area contributed by atoms with Crippen molar-refractivity contribution in [2.45, 2.75) is 47.0 Å². The third-order valence-corrected chi connectivity index (χ3v) is 3.32. The number of aryl methyl sites for hydroxylation is 1. The molecule has 0 unspecified atom stereocenters. The molecular weight excluding hydrogens is 290 g/mol. The highest BCUT2D eigenvalue weighted by molar-refractivity contribution is 5.45. The summed E-state index contributed by atoms with van der Waals surface area (Å²) in [4.78, 5) is 10.3. The lowest BCUT2D eigenvalue weighted by Crippen LogP contribution is -2.10. The molecule has 2 aromatic carbocycles. The highest BCUT2D eigenvalue weighted by Gasteiger charge is 2.14. The lowest BCUT2D eigenvalue weighted by Gasteiger charge is -2.19. The fraction of sp³-hybridized carbons (Fsp3) is 0.368. The summed E-state index contributed by atoms with van der Waals surface area (Å²) in [5, 5.41) is 10.7. The molecule has 0 fully saturated rings. The van der Waals surface area contributed by atoms with E-state index in [2.05, 4.69) is 20.8 Å². The van der Waals surface area contributed by atoms with Crippen LogP contribution in [0.1, 0.15) is 45.7 Å². The number of benzene rings is 2. The van der Waals surface area contributed by atoms with Crippen LogP contribution in [0.3, 0.4) is 0 Å². The molecule has 0 bridgehead atoms. The van der Waals surface area contributed by atoms with E-state index in [1.54, 1.807) is 13.0 Å². The van der Waals surface area contributed by atoms with Gasteiger partial charge in [-0.1, -0.05) is 46.8 Å². The van der Waals surface area contributed by atoms with Crippen LogP contribution in [0.2, 0.25) is 0 Å². The summed E-state index contributed by atoms with van der Waals surface area (Å²) in [6.07, 6.45) is 0. The van der Waals surface area contributed by atoms with E-state index in [4.69, 9.17) is 4.74 Å². The maximum absolute atomic E-state index is 10.7. The molecule has 0 saturated heterocycles. The van der Waals surface area contributed by atoms with Gasteiger partial charge in [-0.3, -0.25) is 10.1 Å². The molecule has 0 heterocycles. The lowest BCUT2D eigenvalue weighted by molar-refractivity contribution is -0.384. The second-order valence-corrected chi connectivity index (χ2v) is 6.08. The summed E-state index contributed by atoms with van der Waals surface area (Å²) in [6, 6.07) is 12.5. The van der Waals surface area contributed by atoms with Crippen LogP contribution in [0, 0.1) is 17.0 Å². The fourth-order valence-electron chi connectivity index (χ4n) is 2.01. The van der Waals surface area contributed by atoms with Gasteiger partial charge in [0.1, 0.15) is 11.5 Å². The quantitative estimate of drug-likeness (QED) is 0.514. The van der Waals surface area contributed by atoms with E-state index in [1.807, 2.05) is 38.1 Å². The second kappa shape index (κ2) is 7.77.